The van der Waals surface area contributed by atoms with E-state index in [0.29, 0.717) is 0 Å². The molecule has 0 spiro atoms. The number of halogens is 2. The molecule has 0 bridgehead atoms. The molecule has 0 saturated carbocycles. The summed E-state index contributed by atoms with van der Waals surface area (Å²) in [7, 11) is 0. The molecule has 132 valence electrons. The number of carbonyl (C=O) groups excluding carboxylic acids is 1. The van der Waals surface area contributed by atoms with Crippen molar-refractivity contribution in [1.82, 2.24) is 9.55 Å². The molecule has 0 aliphatic heterocycles. The molecule has 0 aliphatic carbocycles. The van der Waals surface area contributed by atoms with Crippen molar-refractivity contribution in [3.63, 3.8) is 0 Å². The minimum atomic E-state index is -0.960. The predicted molar refractivity (Wildman–Crippen MR) is 87.6 cm³/mol. The van der Waals surface area contributed by atoms with Crippen molar-refractivity contribution in [3.05, 3.63) is 74.8 Å². The van der Waals surface area contributed by atoms with Crippen molar-refractivity contribution in [1.29, 1.82) is 0 Å². The second kappa shape index (κ2) is 6.67. The van der Waals surface area contributed by atoms with E-state index < -0.39 is 40.3 Å². The van der Waals surface area contributed by atoms with Crippen LogP contribution in [0.15, 0.2) is 47.5 Å². The van der Waals surface area contributed by atoms with Gasteiger partial charge in [-0.15, -0.1) is 0 Å². The van der Waals surface area contributed by atoms with Crippen molar-refractivity contribution < 1.29 is 18.5 Å². The van der Waals surface area contributed by atoms with Crippen molar-refractivity contribution in [3.8, 4) is 0 Å². The third-order valence-electron chi connectivity index (χ3n) is 3.56. The van der Waals surface area contributed by atoms with Crippen LogP contribution in [-0.4, -0.2) is 20.4 Å². The highest BCUT2D eigenvalue weighted by Gasteiger charge is 2.15. The van der Waals surface area contributed by atoms with Crippen LogP contribution in [0, 0.1) is 21.7 Å². The Hall–Kier alpha value is -3.69. The number of rotatable bonds is 4. The Morgan fingerprint density at radius 3 is 2.58 bits per heavy atom. The van der Waals surface area contributed by atoms with Gasteiger partial charge < -0.3 is 5.32 Å². The minimum absolute atomic E-state index is 0.0495. The largest absolute Gasteiger partial charge is 0.320 e. The molecule has 1 amide bonds. The lowest BCUT2D eigenvalue weighted by molar-refractivity contribution is -0.384. The molecule has 3 rings (SSSR count). The van der Waals surface area contributed by atoms with Crippen LogP contribution in [0.3, 0.4) is 0 Å². The Labute approximate surface area is 143 Å². The number of carbonyl (C=O) groups is 1. The Morgan fingerprint density at radius 2 is 1.92 bits per heavy atom. The molecule has 1 N–H and O–H groups in total. The average molecular weight is 360 g/mol. The normalized spacial score (nSPS) is 10.7. The van der Waals surface area contributed by atoms with E-state index in [0.717, 1.165) is 35.2 Å². The van der Waals surface area contributed by atoms with E-state index in [-0.39, 0.29) is 16.6 Å². The number of para-hydroxylation sites is 1. The summed E-state index contributed by atoms with van der Waals surface area (Å²) in [6, 6.07) is 6.66. The van der Waals surface area contributed by atoms with Crippen molar-refractivity contribution in [2.24, 2.45) is 0 Å². The minimum Gasteiger partial charge on any atom is -0.320 e. The quantitative estimate of drug-likeness (QED) is 0.567. The molecule has 1 heterocycles. The number of anilines is 1. The number of nitrogens with one attached hydrogen (secondary N) is 1. The summed E-state index contributed by atoms with van der Waals surface area (Å²) in [5.74, 6) is -2.78. The summed E-state index contributed by atoms with van der Waals surface area (Å²) in [5, 5.41) is 12.8. The van der Waals surface area contributed by atoms with Gasteiger partial charge in [0.2, 0.25) is 5.91 Å². The van der Waals surface area contributed by atoms with Gasteiger partial charge in [-0.05, 0) is 18.2 Å². The van der Waals surface area contributed by atoms with Crippen LogP contribution in [0.5, 0.6) is 0 Å². The van der Waals surface area contributed by atoms with Gasteiger partial charge in [-0.1, -0.05) is 6.07 Å². The Balaban J connectivity index is 1.91. The summed E-state index contributed by atoms with van der Waals surface area (Å²) in [4.78, 5) is 38.5. The van der Waals surface area contributed by atoms with E-state index in [1.54, 1.807) is 0 Å². The number of aromatic nitrogens is 2. The van der Waals surface area contributed by atoms with Crippen molar-refractivity contribution in [2.75, 3.05) is 5.32 Å². The number of hydrogen-bond acceptors (Lipinski definition) is 5. The summed E-state index contributed by atoms with van der Waals surface area (Å²) >= 11 is 0. The number of nitro benzene ring substituents is 1. The zero-order valence-electron chi connectivity index (χ0n) is 13.0. The van der Waals surface area contributed by atoms with Crippen LogP contribution in [0.2, 0.25) is 0 Å². The van der Waals surface area contributed by atoms with Crippen LogP contribution in [0.1, 0.15) is 0 Å². The maximum Gasteiger partial charge on any atom is 0.270 e. The van der Waals surface area contributed by atoms with E-state index >= 15 is 0 Å². The molecule has 0 saturated heterocycles. The van der Waals surface area contributed by atoms with Crippen LogP contribution in [-0.2, 0) is 11.3 Å². The molecular formula is C16H10F2N4O4. The molecule has 0 radical (unpaired) electrons. The molecule has 0 aliphatic rings. The van der Waals surface area contributed by atoms with Gasteiger partial charge in [0.25, 0.3) is 11.2 Å². The fourth-order valence-electron chi connectivity index (χ4n) is 2.32. The van der Waals surface area contributed by atoms with Crippen LogP contribution >= 0.6 is 0 Å². The Morgan fingerprint density at radius 1 is 1.23 bits per heavy atom. The molecule has 3 aromatic rings. The lowest BCUT2D eigenvalue weighted by Gasteiger charge is -2.09. The lowest BCUT2D eigenvalue weighted by atomic mass is 10.2. The highest BCUT2D eigenvalue weighted by Crippen LogP contribution is 2.18. The first-order valence-electron chi connectivity index (χ1n) is 7.24. The molecule has 0 fully saturated rings. The molecule has 10 heteroatoms. The Kier molecular flexibility index (Phi) is 4.40. The smallest absolute Gasteiger partial charge is 0.270 e. The SMILES string of the molecule is O=C(Cn1cnc2ccc([N+](=O)[O-])cc2c1=O)Nc1c(F)cccc1F. The first-order valence-corrected chi connectivity index (χ1v) is 7.24. The van der Waals surface area contributed by atoms with E-state index in [9.17, 15) is 28.5 Å². The lowest BCUT2D eigenvalue weighted by Crippen LogP contribution is -2.28. The van der Waals surface area contributed by atoms with Crippen LogP contribution < -0.4 is 10.9 Å². The number of amides is 1. The summed E-state index contributed by atoms with van der Waals surface area (Å²) in [5.41, 5.74) is -1.40. The molecule has 2 aromatic carbocycles. The predicted octanol–water partition coefficient (Wildman–Crippen LogP) is 2.22. The first-order chi connectivity index (χ1) is 12.4. The number of benzene rings is 2. The highest BCUT2D eigenvalue weighted by molar-refractivity contribution is 5.91. The van der Waals surface area contributed by atoms with E-state index in [1.165, 1.54) is 12.1 Å². The van der Waals surface area contributed by atoms with Gasteiger partial charge in [0.05, 0.1) is 22.2 Å². The summed E-state index contributed by atoms with van der Waals surface area (Å²) < 4.78 is 28.0. The molecular weight excluding hydrogens is 350 g/mol. The number of non-ortho nitro benzene ring substituents is 1. The van der Waals surface area contributed by atoms with Crippen LogP contribution in [0.4, 0.5) is 20.2 Å². The molecule has 0 unspecified atom stereocenters. The molecule has 1 aromatic heterocycles. The third-order valence-corrected chi connectivity index (χ3v) is 3.56. The number of nitro groups is 1. The van der Waals surface area contributed by atoms with E-state index in [1.807, 2.05) is 5.32 Å². The fourth-order valence-corrected chi connectivity index (χ4v) is 2.32. The van der Waals surface area contributed by atoms with Gasteiger partial charge in [0.15, 0.2) is 0 Å². The second-order valence-corrected chi connectivity index (χ2v) is 5.28. The molecule has 0 atom stereocenters. The van der Waals surface area contributed by atoms with Crippen LogP contribution in [0.25, 0.3) is 10.9 Å². The van der Waals surface area contributed by atoms with Crippen molar-refractivity contribution >= 4 is 28.2 Å². The zero-order chi connectivity index (χ0) is 18.8. The number of nitrogens with zero attached hydrogens (tertiary/aromatic N) is 3. The monoisotopic (exact) mass is 360 g/mol. The first kappa shape index (κ1) is 17.1. The molecule has 8 nitrogen and oxygen atoms in total. The van der Waals surface area contributed by atoms with Gasteiger partial charge >= 0.3 is 0 Å². The van der Waals surface area contributed by atoms with E-state index in [2.05, 4.69) is 4.98 Å². The third kappa shape index (κ3) is 3.24. The van der Waals surface area contributed by atoms with Gasteiger partial charge in [0, 0.05) is 12.1 Å². The number of fused-ring (bicyclic) bond motifs is 1. The van der Waals surface area contributed by atoms with Gasteiger partial charge in [-0.3, -0.25) is 24.3 Å². The summed E-state index contributed by atoms with van der Waals surface area (Å²) in [6.07, 6.45) is 1.08. The fraction of sp³-hybridized carbons (Fsp3) is 0.0625. The Bertz CT molecular complexity index is 1080. The highest BCUT2D eigenvalue weighted by atomic mass is 19.1. The maximum absolute atomic E-state index is 13.6. The topological polar surface area (TPSA) is 107 Å². The second-order valence-electron chi connectivity index (χ2n) is 5.28. The van der Waals surface area contributed by atoms with E-state index in [4.69, 9.17) is 0 Å². The zero-order valence-corrected chi connectivity index (χ0v) is 13.0. The summed E-state index contributed by atoms with van der Waals surface area (Å²) in [6.45, 7) is -0.571. The van der Waals surface area contributed by atoms with Gasteiger partial charge in [0.1, 0.15) is 23.9 Å². The maximum atomic E-state index is 13.6. The molecule has 26 heavy (non-hydrogen) atoms. The standard InChI is InChI=1S/C16H10F2N4O4/c17-11-2-1-3-12(18)15(11)20-14(23)7-21-8-19-13-5-4-9(22(25)26)6-10(13)16(21)24/h1-6,8H,7H2,(H,20,23). The van der Waals surface area contributed by atoms with Gasteiger partial charge in [-0.25, -0.2) is 13.8 Å². The number of hydrogen-bond donors (Lipinski definition) is 1. The average Bonchev–Trinajstić information content (AvgIpc) is 2.60. The van der Waals surface area contributed by atoms with Gasteiger partial charge in [-0.2, -0.15) is 0 Å². The van der Waals surface area contributed by atoms with Crippen molar-refractivity contribution in [2.45, 2.75) is 6.54 Å².